The zero-order valence-electron chi connectivity index (χ0n) is 21.5. The molecule has 2 aromatic carbocycles. The Morgan fingerprint density at radius 3 is 2.85 bits per heavy atom. The number of aliphatic hydroxyl groups is 1. The third kappa shape index (κ3) is 5.18. The largest absolute Gasteiger partial charge is 0.493 e. The number of methoxy groups -OCH3 is 1. The van der Waals surface area contributed by atoms with Gasteiger partial charge in [-0.05, 0) is 36.6 Å². The van der Waals surface area contributed by atoms with Crippen molar-refractivity contribution in [1.29, 1.82) is 0 Å². The second-order valence-electron chi connectivity index (χ2n) is 9.39. The van der Waals surface area contributed by atoms with Gasteiger partial charge in [-0.15, -0.1) is 0 Å². The highest BCUT2D eigenvalue weighted by atomic mass is 19.1. The molecule has 1 unspecified atom stereocenters. The number of carbonyl (C=O) groups excluding carboxylic acids is 1. The Morgan fingerprint density at radius 2 is 2.10 bits per heavy atom. The van der Waals surface area contributed by atoms with Gasteiger partial charge in [0.1, 0.15) is 24.1 Å². The first kappa shape index (κ1) is 26.3. The van der Waals surface area contributed by atoms with E-state index in [1.54, 1.807) is 0 Å². The van der Waals surface area contributed by atoms with Gasteiger partial charge in [-0.1, -0.05) is 36.9 Å². The summed E-state index contributed by atoms with van der Waals surface area (Å²) >= 11 is 0. The van der Waals surface area contributed by atoms with E-state index in [-0.39, 0.29) is 23.9 Å². The number of benzene rings is 2. The van der Waals surface area contributed by atoms with Crippen molar-refractivity contribution in [1.82, 2.24) is 30.0 Å². The number of nitrogens with one attached hydrogen (secondary N) is 1. The van der Waals surface area contributed by atoms with Gasteiger partial charge in [-0.3, -0.25) is 9.69 Å². The number of likely N-dealkylation sites (tertiary alicyclic amines) is 1. The Hall–Kier alpha value is -4.35. The van der Waals surface area contributed by atoms with Crippen LogP contribution in [0.3, 0.4) is 0 Å². The minimum Gasteiger partial charge on any atom is -0.493 e. The van der Waals surface area contributed by atoms with Crippen LogP contribution in [-0.2, 0) is 6.54 Å². The minimum atomic E-state index is -0.719. The zero-order valence-corrected chi connectivity index (χ0v) is 21.5. The fourth-order valence-corrected chi connectivity index (χ4v) is 4.98. The van der Waals surface area contributed by atoms with E-state index in [1.807, 2.05) is 33.8 Å². The lowest BCUT2D eigenvalue weighted by Gasteiger charge is -2.34. The molecule has 1 saturated heterocycles. The molecule has 1 fully saturated rings. The average molecular weight is 532 g/mol. The minimum absolute atomic E-state index is 0.00630. The lowest BCUT2D eigenvalue weighted by molar-refractivity contribution is 0.0126. The van der Waals surface area contributed by atoms with E-state index in [2.05, 4.69) is 21.9 Å². The van der Waals surface area contributed by atoms with Gasteiger partial charge in [0.2, 0.25) is 0 Å². The Morgan fingerprint density at radius 1 is 1.31 bits per heavy atom. The number of nitrogen functional groups attached to an aromatic ring is 1. The standard InChI is InChI=1S/C28H30FN7O3/c1-3-22(37)35-13-5-6-19(15-35)36-27-23(26(30)32-16-33-27)24(34-36)18-11-9-17(10-12-18)14-31-28(38)20-7-4-8-21(29)25(20)39-2/h3-4,7-12,16,19,22,37H,1,5-6,13-15H2,2H3,(H,31,38)(H2,30,32,33)/t19-,22?/m1/s1. The van der Waals surface area contributed by atoms with E-state index >= 15 is 0 Å². The van der Waals surface area contributed by atoms with Crippen molar-refractivity contribution in [3.63, 3.8) is 0 Å². The predicted molar refractivity (Wildman–Crippen MR) is 145 cm³/mol. The highest BCUT2D eigenvalue weighted by Gasteiger charge is 2.28. The van der Waals surface area contributed by atoms with E-state index < -0.39 is 18.0 Å². The Labute approximate surface area is 224 Å². The molecular weight excluding hydrogens is 501 g/mol. The van der Waals surface area contributed by atoms with Crippen LogP contribution in [0, 0.1) is 5.82 Å². The van der Waals surface area contributed by atoms with Crippen LogP contribution in [0.4, 0.5) is 10.2 Å². The van der Waals surface area contributed by atoms with Gasteiger partial charge in [0, 0.05) is 25.2 Å². The number of ether oxygens (including phenoxy) is 1. The quantitative estimate of drug-likeness (QED) is 0.295. The summed E-state index contributed by atoms with van der Waals surface area (Å²) in [7, 11) is 1.33. The zero-order chi connectivity index (χ0) is 27.5. The van der Waals surface area contributed by atoms with Crippen molar-refractivity contribution in [3.05, 3.63) is 78.4 Å². The second-order valence-corrected chi connectivity index (χ2v) is 9.39. The molecule has 11 heteroatoms. The number of halogens is 1. The first-order valence-corrected chi connectivity index (χ1v) is 12.6. The normalized spacial score (nSPS) is 16.6. The Balaban J connectivity index is 1.38. The molecule has 4 aromatic rings. The number of aromatic nitrogens is 4. The fraction of sp³-hybridized carbons (Fsp3) is 0.286. The summed E-state index contributed by atoms with van der Waals surface area (Å²) in [5, 5.41) is 18.7. The van der Waals surface area contributed by atoms with Crippen LogP contribution in [0.25, 0.3) is 22.3 Å². The maximum Gasteiger partial charge on any atom is 0.255 e. The molecule has 3 heterocycles. The maximum absolute atomic E-state index is 14.0. The summed E-state index contributed by atoms with van der Waals surface area (Å²) in [6, 6.07) is 11.8. The monoisotopic (exact) mass is 531 g/mol. The molecule has 1 aliphatic rings. The maximum atomic E-state index is 14.0. The van der Waals surface area contributed by atoms with Crippen LogP contribution in [0.5, 0.6) is 5.75 Å². The highest BCUT2D eigenvalue weighted by molar-refractivity contribution is 5.98. The van der Waals surface area contributed by atoms with E-state index in [0.29, 0.717) is 29.1 Å². The van der Waals surface area contributed by atoms with Crippen molar-refractivity contribution >= 4 is 22.8 Å². The number of para-hydroxylation sites is 1. The van der Waals surface area contributed by atoms with Crippen LogP contribution >= 0.6 is 0 Å². The fourth-order valence-electron chi connectivity index (χ4n) is 4.98. The molecule has 0 radical (unpaired) electrons. The number of carbonyl (C=O) groups is 1. The van der Waals surface area contributed by atoms with Gasteiger partial charge in [0.05, 0.1) is 24.1 Å². The van der Waals surface area contributed by atoms with Crippen molar-refractivity contribution in [2.45, 2.75) is 31.7 Å². The number of fused-ring (bicyclic) bond motifs is 1. The molecule has 5 rings (SSSR count). The predicted octanol–water partition coefficient (Wildman–Crippen LogP) is 3.29. The number of aliphatic hydroxyl groups excluding tert-OH is 1. The number of nitrogens with two attached hydrogens (primary N) is 1. The van der Waals surface area contributed by atoms with E-state index in [4.69, 9.17) is 15.6 Å². The summed E-state index contributed by atoms with van der Waals surface area (Å²) in [6.45, 7) is 5.31. The van der Waals surface area contributed by atoms with Crippen LogP contribution in [0.15, 0.2) is 61.4 Å². The third-order valence-electron chi connectivity index (χ3n) is 6.97. The number of piperidine rings is 1. The number of rotatable bonds is 8. The first-order chi connectivity index (χ1) is 18.9. The number of hydrogen-bond donors (Lipinski definition) is 3. The molecule has 4 N–H and O–H groups in total. The summed E-state index contributed by atoms with van der Waals surface area (Å²) in [4.78, 5) is 23.3. The topological polar surface area (TPSA) is 131 Å². The average Bonchev–Trinajstić information content (AvgIpc) is 3.36. The van der Waals surface area contributed by atoms with Gasteiger partial charge in [0.15, 0.2) is 17.2 Å². The van der Waals surface area contributed by atoms with Gasteiger partial charge < -0.3 is 20.9 Å². The lowest BCUT2D eigenvalue weighted by Crippen LogP contribution is -2.42. The van der Waals surface area contributed by atoms with Gasteiger partial charge in [0.25, 0.3) is 5.91 Å². The first-order valence-electron chi connectivity index (χ1n) is 12.6. The molecule has 2 atom stereocenters. The Kier molecular flexibility index (Phi) is 7.53. The molecule has 1 aliphatic heterocycles. The Bertz CT molecular complexity index is 1510. The molecule has 39 heavy (non-hydrogen) atoms. The molecule has 0 spiro atoms. The van der Waals surface area contributed by atoms with Crippen molar-refractivity contribution < 1.29 is 19.0 Å². The number of anilines is 1. The van der Waals surface area contributed by atoms with Crippen molar-refractivity contribution in [3.8, 4) is 17.0 Å². The van der Waals surface area contributed by atoms with E-state index in [9.17, 15) is 14.3 Å². The number of hydrogen-bond acceptors (Lipinski definition) is 8. The second kappa shape index (κ2) is 11.2. The van der Waals surface area contributed by atoms with Gasteiger partial charge >= 0.3 is 0 Å². The number of nitrogens with zero attached hydrogens (tertiary/aromatic N) is 5. The molecule has 10 nitrogen and oxygen atoms in total. The molecule has 202 valence electrons. The van der Waals surface area contributed by atoms with Crippen molar-refractivity contribution in [2.75, 3.05) is 25.9 Å². The van der Waals surface area contributed by atoms with Crippen LogP contribution in [0.1, 0.15) is 34.8 Å². The molecule has 0 saturated carbocycles. The van der Waals surface area contributed by atoms with Crippen LogP contribution in [-0.4, -0.2) is 62.1 Å². The molecule has 2 aromatic heterocycles. The number of amides is 1. The molecule has 0 bridgehead atoms. The summed E-state index contributed by atoms with van der Waals surface area (Å²) in [5.74, 6) is -0.788. The van der Waals surface area contributed by atoms with Crippen molar-refractivity contribution in [2.24, 2.45) is 0 Å². The molecule has 0 aliphatic carbocycles. The smallest absolute Gasteiger partial charge is 0.255 e. The summed E-state index contributed by atoms with van der Waals surface area (Å²) in [6.07, 6.45) is 4.01. The van der Waals surface area contributed by atoms with Gasteiger partial charge in [-0.2, -0.15) is 5.10 Å². The third-order valence-corrected chi connectivity index (χ3v) is 6.97. The highest BCUT2D eigenvalue weighted by Crippen LogP contribution is 2.34. The lowest BCUT2D eigenvalue weighted by atomic mass is 10.1. The summed E-state index contributed by atoms with van der Waals surface area (Å²) < 4.78 is 20.9. The SMILES string of the molecule is C=CC(O)N1CCC[C@@H](n2nc(-c3ccc(CNC(=O)c4cccc(F)c4OC)cc3)c3c(N)ncnc32)C1. The van der Waals surface area contributed by atoms with Gasteiger partial charge in [-0.25, -0.2) is 19.0 Å². The van der Waals surface area contributed by atoms with E-state index in [0.717, 1.165) is 30.5 Å². The van der Waals surface area contributed by atoms with E-state index in [1.165, 1.54) is 37.7 Å². The molecule has 1 amide bonds. The summed E-state index contributed by atoms with van der Waals surface area (Å²) in [5.41, 5.74) is 9.37. The van der Waals surface area contributed by atoms with Crippen LogP contribution < -0.4 is 15.8 Å². The molecular formula is C28H30FN7O3. The van der Waals surface area contributed by atoms with Crippen LogP contribution in [0.2, 0.25) is 0 Å².